The van der Waals surface area contributed by atoms with Crippen LogP contribution in [-0.4, -0.2) is 28.0 Å². The molecule has 18 heavy (non-hydrogen) atoms. The predicted octanol–water partition coefficient (Wildman–Crippen LogP) is 3.21. The molecule has 0 radical (unpaired) electrons. The van der Waals surface area contributed by atoms with Crippen molar-refractivity contribution >= 4 is 27.5 Å². The summed E-state index contributed by atoms with van der Waals surface area (Å²) in [4.78, 5) is 0. The van der Waals surface area contributed by atoms with Crippen LogP contribution < -0.4 is 4.74 Å². The van der Waals surface area contributed by atoms with Crippen LogP contribution in [0.5, 0.6) is 5.75 Å². The van der Waals surface area contributed by atoms with Crippen LogP contribution in [0, 0.1) is 0 Å². The van der Waals surface area contributed by atoms with Gasteiger partial charge in [-0.1, -0.05) is 5.21 Å². The van der Waals surface area contributed by atoms with Gasteiger partial charge in [0.15, 0.2) is 0 Å². The lowest BCUT2D eigenvalue weighted by Gasteiger charge is -2.05. The smallest absolute Gasteiger partial charge is 0.135 e. The van der Waals surface area contributed by atoms with Crippen molar-refractivity contribution in [3.05, 3.63) is 34.6 Å². The van der Waals surface area contributed by atoms with Gasteiger partial charge in [0.05, 0.1) is 29.2 Å². The zero-order valence-corrected chi connectivity index (χ0v) is 12.3. The number of ether oxygens (including phenoxy) is 1. The van der Waals surface area contributed by atoms with Gasteiger partial charge in [0.2, 0.25) is 0 Å². The Bertz CT molecular complexity index is 530. The van der Waals surface area contributed by atoms with Crippen LogP contribution in [0.4, 0.5) is 0 Å². The van der Waals surface area contributed by atoms with E-state index in [1.807, 2.05) is 24.4 Å². The lowest BCUT2D eigenvalue weighted by atomic mass is 10.2. The number of methoxy groups -OCH3 is 1. The van der Waals surface area contributed by atoms with Crippen LogP contribution in [0.1, 0.15) is 12.1 Å². The van der Waals surface area contributed by atoms with E-state index in [9.17, 15) is 0 Å². The molecule has 0 unspecified atom stereocenters. The predicted molar refractivity (Wildman–Crippen MR) is 74.7 cm³/mol. The van der Waals surface area contributed by atoms with Crippen molar-refractivity contribution in [3.63, 3.8) is 0 Å². The number of benzene rings is 1. The summed E-state index contributed by atoms with van der Waals surface area (Å²) in [6.45, 7) is 0. The molecule has 0 N–H and O–H groups in total. The van der Waals surface area contributed by atoms with Gasteiger partial charge in [-0.3, -0.25) is 0 Å². The Morgan fingerprint density at radius 2 is 2.28 bits per heavy atom. The average molecular weight is 331 g/mol. The van der Waals surface area contributed by atoms with Crippen LogP contribution in [0.15, 0.2) is 28.9 Å². The molecular weight excluding hydrogens is 318 g/mol. The number of alkyl halides is 1. The van der Waals surface area contributed by atoms with Crippen LogP contribution >= 0.6 is 27.5 Å². The van der Waals surface area contributed by atoms with E-state index >= 15 is 0 Å². The first-order chi connectivity index (χ1) is 8.74. The second kappa shape index (κ2) is 6.20. The molecular formula is C12H13BrClN3O. The number of aromatic nitrogens is 3. The van der Waals surface area contributed by atoms with Crippen molar-refractivity contribution in [1.82, 2.24) is 15.0 Å². The number of halogens is 2. The van der Waals surface area contributed by atoms with Crippen molar-refractivity contribution in [2.24, 2.45) is 0 Å². The van der Waals surface area contributed by atoms with E-state index in [2.05, 4.69) is 26.2 Å². The summed E-state index contributed by atoms with van der Waals surface area (Å²) in [5, 5.41) is 8.21. The van der Waals surface area contributed by atoms with Gasteiger partial charge in [-0.2, -0.15) is 0 Å². The Kier molecular flexibility index (Phi) is 4.60. The van der Waals surface area contributed by atoms with Gasteiger partial charge < -0.3 is 4.74 Å². The summed E-state index contributed by atoms with van der Waals surface area (Å²) in [6, 6.07) is 5.78. The lowest BCUT2D eigenvalue weighted by molar-refractivity contribution is 0.412. The third kappa shape index (κ3) is 3.03. The number of hydrogen-bond acceptors (Lipinski definition) is 3. The van der Waals surface area contributed by atoms with E-state index in [-0.39, 0.29) is 0 Å². The maximum Gasteiger partial charge on any atom is 0.135 e. The Labute approximate surface area is 119 Å². The molecule has 0 spiro atoms. The van der Waals surface area contributed by atoms with Gasteiger partial charge in [0.1, 0.15) is 5.75 Å². The highest BCUT2D eigenvalue weighted by Crippen LogP contribution is 2.26. The molecule has 2 rings (SSSR count). The minimum absolute atomic E-state index is 0.638. The summed E-state index contributed by atoms with van der Waals surface area (Å²) >= 11 is 9.07. The van der Waals surface area contributed by atoms with Crippen LogP contribution in [0.2, 0.25) is 0 Å². The number of nitrogens with zero attached hydrogens (tertiary/aromatic N) is 3. The highest BCUT2D eigenvalue weighted by atomic mass is 79.9. The molecule has 1 aromatic heterocycles. The molecule has 1 aromatic carbocycles. The third-order valence-electron chi connectivity index (χ3n) is 2.51. The topological polar surface area (TPSA) is 39.9 Å². The number of rotatable bonds is 5. The Balaban J connectivity index is 2.23. The molecule has 0 aliphatic carbocycles. The minimum atomic E-state index is 0.638. The zero-order chi connectivity index (χ0) is 13.0. The molecule has 0 aliphatic rings. The van der Waals surface area contributed by atoms with Crippen LogP contribution in [-0.2, 0) is 6.42 Å². The Morgan fingerprint density at radius 3 is 3.00 bits per heavy atom. The van der Waals surface area contributed by atoms with Gasteiger partial charge in [-0.05, 0) is 40.9 Å². The highest BCUT2D eigenvalue weighted by molar-refractivity contribution is 9.10. The van der Waals surface area contributed by atoms with Crippen molar-refractivity contribution in [2.75, 3.05) is 13.0 Å². The van der Waals surface area contributed by atoms with Crippen molar-refractivity contribution in [1.29, 1.82) is 0 Å². The van der Waals surface area contributed by atoms with Crippen molar-refractivity contribution < 1.29 is 4.74 Å². The number of aryl methyl sites for hydroxylation is 1. The van der Waals surface area contributed by atoms with Crippen molar-refractivity contribution in [2.45, 2.75) is 12.8 Å². The monoisotopic (exact) mass is 329 g/mol. The van der Waals surface area contributed by atoms with Gasteiger partial charge in [0, 0.05) is 11.9 Å². The van der Waals surface area contributed by atoms with Gasteiger partial charge in [0.25, 0.3) is 0 Å². The third-order valence-corrected chi connectivity index (χ3v) is 3.43. The molecule has 0 bridgehead atoms. The summed E-state index contributed by atoms with van der Waals surface area (Å²) in [7, 11) is 1.64. The maximum atomic E-state index is 5.66. The molecule has 0 saturated carbocycles. The first kappa shape index (κ1) is 13.4. The zero-order valence-electron chi connectivity index (χ0n) is 9.94. The standard InChI is InChI=1S/C12H13BrClN3O/c1-18-12-7-10(4-5-11(12)13)17-8-9(15-16-17)3-2-6-14/h4-5,7-8H,2-3,6H2,1H3. The van der Waals surface area contributed by atoms with E-state index in [4.69, 9.17) is 16.3 Å². The fourth-order valence-electron chi connectivity index (χ4n) is 1.58. The van der Waals surface area contributed by atoms with Crippen LogP contribution in [0.3, 0.4) is 0 Å². The first-order valence-corrected chi connectivity index (χ1v) is 6.88. The molecule has 0 aliphatic heterocycles. The fourth-order valence-corrected chi connectivity index (χ4v) is 2.12. The van der Waals surface area contributed by atoms with Crippen molar-refractivity contribution in [3.8, 4) is 11.4 Å². The lowest BCUT2D eigenvalue weighted by Crippen LogP contribution is -1.96. The van der Waals surface area contributed by atoms with Gasteiger partial charge >= 0.3 is 0 Å². The van der Waals surface area contributed by atoms with E-state index in [0.29, 0.717) is 5.88 Å². The van der Waals surface area contributed by atoms with E-state index in [0.717, 1.165) is 34.4 Å². The molecule has 6 heteroatoms. The molecule has 96 valence electrons. The molecule has 0 saturated heterocycles. The normalized spacial score (nSPS) is 10.6. The van der Waals surface area contributed by atoms with Gasteiger partial charge in [-0.15, -0.1) is 16.7 Å². The fraction of sp³-hybridized carbons (Fsp3) is 0.333. The Morgan fingerprint density at radius 1 is 1.44 bits per heavy atom. The average Bonchev–Trinajstić information content (AvgIpc) is 2.85. The summed E-state index contributed by atoms with van der Waals surface area (Å²) in [5.41, 5.74) is 1.86. The second-order valence-electron chi connectivity index (χ2n) is 3.77. The maximum absolute atomic E-state index is 5.66. The minimum Gasteiger partial charge on any atom is -0.495 e. The largest absolute Gasteiger partial charge is 0.495 e. The van der Waals surface area contributed by atoms with E-state index in [1.165, 1.54) is 0 Å². The van der Waals surface area contributed by atoms with Gasteiger partial charge in [-0.25, -0.2) is 4.68 Å². The molecule has 2 aromatic rings. The number of hydrogen-bond donors (Lipinski definition) is 0. The van der Waals surface area contributed by atoms with E-state index < -0.39 is 0 Å². The summed E-state index contributed by atoms with van der Waals surface area (Å²) < 4.78 is 7.90. The Hall–Kier alpha value is -1.07. The molecule has 0 fully saturated rings. The second-order valence-corrected chi connectivity index (χ2v) is 5.00. The summed E-state index contributed by atoms with van der Waals surface area (Å²) in [5.74, 6) is 1.41. The molecule has 4 nitrogen and oxygen atoms in total. The highest BCUT2D eigenvalue weighted by Gasteiger charge is 2.06. The first-order valence-electron chi connectivity index (χ1n) is 5.55. The molecule has 0 amide bonds. The molecule has 0 atom stereocenters. The van der Waals surface area contributed by atoms with Crippen LogP contribution in [0.25, 0.3) is 5.69 Å². The summed E-state index contributed by atoms with van der Waals surface area (Å²) in [6.07, 6.45) is 3.66. The molecule has 1 heterocycles. The van der Waals surface area contributed by atoms with E-state index in [1.54, 1.807) is 11.8 Å². The SMILES string of the molecule is COc1cc(-n2cc(CCCCl)nn2)ccc1Br. The quantitative estimate of drug-likeness (QED) is 0.790.